The summed E-state index contributed by atoms with van der Waals surface area (Å²) in [4.78, 5) is 1.94. The molecule has 0 aromatic heterocycles. The standard InChI is InChI=1S/C19H17ClF6N2O/c20-16-14(2-1-3-15(16)18(21,22)23)17(28-10-8-27-9-11-28)12-4-6-13(7-5-12)29-19(24,25)26/h1-7,17,27H,8-11H2/t17-/m1/s1. The first-order chi connectivity index (χ1) is 13.6. The van der Waals surface area contributed by atoms with Crippen molar-refractivity contribution in [3.63, 3.8) is 0 Å². The van der Waals surface area contributed by atoms with Crippen LogP contribution in [0.3, 0.4) is 0 Å². The molecule has 1 fully saturated rings. The molecule has 0 bridgehead atoms. The molecule has 1 saturated heterocycles. The Hall–Kier alpha value is -1.97. The van der Waals surface area contributed by atoms with Crippen LogP contribution in [0.1, 0.15) is 22.7 Å². The molecule has 0 unspecified atom stereocenters. The summed E-state index contributed by atoms with van der Waals surface area (Å²) in [5.41, 5.74) is -0.190. The quantitative estimate of drug-likeness (QED) is 0.660. The molecule has 0 amide bonds. The highest BCUT2D eigenvalue weighted by molar-refractivity contribution is 6.32. The molecule has 1 atom stereocenters. The van der Waals surface area contributed by atoms with Crippen LogP contribution in [0.4, 0.5) is 26.3 Å². The van der Waals surface area contributed by atoms with Crippen molar-refractivity contribution < 1.29 is 31.1 Å². The number of hydrogen-bond donors (Lipinski definition) is 1. The average molecular weight is 439 g/mol. The van der Waals surface area contributed by atoms with E-state index in [-0.39, 0.29) is 5.56 Å². The highest BCUT2D eigenvalue weighted by atomic mass is 35.5. The van der Waals surface area contributed by atoms with E-state index in [0.717, 1.165) is 18.2 Å². The topological polar surface area (TPSA) is 24.5 Å². The number of piperazine rings is 1. The number of nitrogens with zero attached hydrogens (tertiary/aromatic N) is 1. The first-order valence-corrected chi connectivity index (χ1v) is 9.10. The van der Waals surface area contributed by atoms with Crippen molar-refractivity contribution in [3.8, 4) is 5.75 Å². The zero-order chi connectivity index (χ0) is 21.2. The van der Waals surface area contributed by atoms with Crippen LogP contribution in [0.25, 0.3) is 0 Å². The highest BCUT2D eigenvalue weighted by Gasteiger charge is 2.36. The maximum absolute atomic E-state index is 13.3. The van der Waals surface area contributed by atoms with Crippen LogP contribution in [0.5, 0.6) is 5.75 Å². The van der Waals surface area contributed by atoms with Gasteiger partial charge in [0.1, 0.15) is 5.75 Å². The van der Waals surface area contributed by atoms with Gasteiger partial charge in [-0.1, -0.05) is 35.9 Å². The second kappa shape index (κ2) is 8.41. The third kappa shape index (κ3) is 5.34. The molecular formula is C19H17ClF6N2O. The fourth-order valence-corrected chi connectivity index (χ4v) is 3.70. The molecule has 1 aliphatic rings. The first-order valence-electron chi connectivity index (χ1n) is 8.72. The summed E-state index contributed by atoms with van der Waals surface area (Å²) in [7, 11) is 0. The van der Waals surface area contributed by atoms with E-state index in [1.807, 2.05) is 4.90 Å². The van der Waals surface area contributed by atoms with Crippen LogP contribution >= 0.6 is 11.6 Å². The third-order valence-electron chi connectivity index (χ3n) is 4.57. The van der Waals surface area contributed by atoms with Crippen LogP contribution in [0.2, 0.25) is 5.02 Å². The Morgan fingerprint density at radius 3 is 2.10 bits per heavy atom. The molecule has 2 aromatic carbocycles. The number of halogens is 7. The maximum atomic E-state index is 13.3. The number of benzene rings is 2. The number of rotatable bonds is 4. The van der Waals surface area contributed by atoms with Gasteiger partial charge < -0.3 is 10.1 Å². The van der Waals surface area contributed by atoms with Crippen LogP contribution in [-0.4, -0.2) is 37.4 Å². The summed E-state index contributed by atoms with van der Waals surface area (Å²) in [5, 5.41) is 2.74. The fraction of sp³-hybridized carbons (Fsp3) is 0.368. The SMILES string of the molecule is FC(F)(F)Oc1ccc([C@H](c2cccc(C(F)(F)F)c2Cl)N2CCNCC2)cc1. The summed E-state index contributed by atoms with van der Waals surface area (Å²) in [6.07, 6.45) is -9.45. The predicted molar refractivity (Wildman–Crippen MR) is 95.9 cm³/mol. The van der Waals surface area contributed by atoms with Crippen molar-refractivity contribution in [3.05, 3.63) is 64.2 Å². The van der Waals surface area contributed by atoms with E-state index in [0.29, 0.717) is 31.7 Å². The van der Waals surface area contributed by atoms with E-state index >= 15 is 0 Å². The zero-order valence-corrected chi connectivity index (χ0v) is 15.7. The van der Waals surface area contributed by atoms with Crippen molar-refractivity contribution in [2.45, 2.75) is 18.6 Å². The summed E-state index contributed by atoms with van der Waals surface area (Å²) in [6, 6.07) is 8.13. The van der Waals surface area contributed by atoms with Crippen molar-refractivity contribution in [1.29, 1.82) is 0 Å². The Morgan fingerprint density at radius 2 is 1.55 bits per heavy atom. The van der Waals surface area contributed by atoms with Gasteiger partial charge >= 0.3 is 12.5 Å². The lowest BCUT2D eigenvalue weighted by molar-refractivity contribution is -0.274. The van der Waals surface area contributed by atoms with E-state index in [9.17, 15) is 26.3 Å². The van der Waals surface area contributed by atoms with E-state index in [1.54, 1.807) is 0 Å². The summed E-state index contributed by atoms with van der Waals surface area (Å²) in [6.45, 7) is 2.33. The van der Waals surface area contributed by atoms with Crippen molar-refractivity contribution in [2.75, 3.05) is 26.2 Å². The van der Waals surface area contributed by atoms with Gasteiger partial charge in [0.05, 0.1) is 16.6 Å². The molecule has 10 heteroatoms. The van der Waals surface area contributed by atoms with Gasteiger partial charge in [-0.3, -0.25) is 4.90 Å². The van der Waals surface area contributed by atoms with Gasteiger partial charge in [-0.2, -0.15) is 13.2 Å². The van der Waals surface area contributed by atoms with Gasteiger partial charge in [0.2, 0.25) is 0 Å². The molecule has 0 aliphatic carbocycles. The molecule has 2 aromatic rings. The minimum atomic E-state index is -4.83. The van der Waals surface area contributed by atoms with Crippen molar-refractivity contribution in [2.24, 2.45) is 0 Å². The number of hydrogen-bond acceptors (Lipinski definition) is 3. The molecule has 158 valence electrons. The molecule has 0 saturated carbocycles. The monoisotopic (exact) mass is 438 g/mol. The van der Waals surface area contributed by atoms with Crippen molar-refractivity contribution in [1.82, 2.24) is 10.2 Å². The Labute approximate surface area is 168 Å². The van der Waals surface area contributed by atoms with Gasteiger partial charge in [-0.05, 0) is 29.3 Å². The van der Waals surface area contributed by atoms with Gasteiger partial charge in [-0.15, -0.1) is 13.2 Å². The Balaban J connectivity index is 2.03. The maximum Gasteiger partial charge on any atom is 0.573 e. The van der Waals surface area contributed by atoms with E-state index in [4.69, 9.17) is 11.6 Å². The highest BCUT2D eigenvalue weighted by Crippen LogP contribution is 2.41. The van der Waals surface area contributed by atoms with Gasteiger partial charge in [0.15, 0.2) is 0 Å². The van der Waals surface area contributed by atoms with Crippen LogP contribution < -0.4 is 10.1 Å². The largest absolute Gasteiger partial charge is 0.573 e. The second-order valence-corrected chi connectivity index (χ2v) is 6.89. The lowest BCUT2D eigenvalue weighted by Crippen LogP contribution is -2.45. The average Bonchev–Trinajstić information content (AvgIpc) is 2.63. The van der Waals surface area contributed by atoms with E-state index < -0.39 is 34.9 Å². The van der Waals surface area contributed by atoms with Crippen LogP contribution in [0, 0.1) is 0 Å². The molecule has 0 spiro atoms. The molecule has 3 rings (SSSR count). The predicted octanol–water partition coefficient (Wildman–Crippen LogP) is 5.25. The van der Waals surface area contributed by atoms with Crippen LogP contribution in [-0.2, 0) is 6.18 Å². The number of nitrogens with one attached hydrogen (secondary N) is 1. The third-order valence-corrected chi connectivity index (χ3v) is 5.00. The van der Waals surface area contributed by atoms with E-state index in [1.165, 1.54) is 24.3 Å². The molecule has 29 heavy (non-hydrogen) atoms. The zero-order valence-electron chi connectivity index (χ0n) is 14.9. The lowest BCUT2D eigenvalue weighted by atomic mass is 9.94. The smallest absolute Gasteiger partial charge is 0.406 e. The van der Waals surface area contributed by atoms with Gasteiger partial charge in [0.25, 0.3) is 0 Å². The summed E-state index contributed by atoms with van der Waals surface area (Å²) >= 11 is 6.14. The Bertz CT molecular complexity index is 832. The minimum absolute atomic E-state index is 0.243. The molecule has 1 heterocycles. The summed E-state index contributed by atoms with van der Waals surface area (Å²) < 4.78 is 81.0. The molecule has 1 aliphatic heterocycles. The normalized spacial score (nSPS) is 17.2. The molecule has 3 nitrogen and oxygen atoms in total. The molecule has 0 radical (unpaired) electrons. The molecule has 1 N–H and O–H groups in total. The first kappa shape index (κ1) is 21.7. The Morgan fingerprint density at radius 1 is 0.931 bits per heavy atom. The second-order valence-electron chi connectivity index (χ2n) is 6.51. The lowest BCUT2D eigenvalue weighted by Gasteiger charge is -2.36. The molecular weight excluding hydrogens is 422 g/mol. The van der Waals surface area contributed by atoms with Crippen LogP contribution in [0.15, 0.2) is 42.5 Å². The summed E-state index contributed by atoms with van der Waals surface area (Å²) in [5.74, 6) is -0.407. The minimum Gasteiger partial charge on any atom is -0.406 e. The Kier molecular flexibility index (Phi) is 6.30. The number of ether oxygens (including phenoxy) is 1. The van der Waals surface area contributed by atoms with Crippen molar-refractivity contribution >= 4 is 11.6 Å². The number of alkyl halides is 6. The van der Waals surface area contributed by atoms with Gasteiger partial charge in [-0.25, -0.2) is 0 Å². The van der Waals surface area contributed by atoms with Gasteiger partial charge in [0, 0.05) is 26.2 Å². The van der Waals surface area contributed by atoms with E-state index in [2.05, 4.69) is 10.1 Å². The fourth-order valence-electron chi connectivity index (χ4n) is 3.36.